The highest BCUT2D eigenvalue weighted by molar-refractivity contribution is 5.91. The summed E-state index contributed by atoms with van der Waals surface area (Å²) in [5.41, 5.74) is -2.59. The topological polar surface area (TPSA) is 154 Å². The molecule has 196 valence electrons. The van der Waals surface area contributed by atoms with Gasteiger partial charge in [-0.25, -0.2) is 0 Å². The van der Waals surface area contributed by atoms with Crippen LogP contribution in [0, 0.1) is 45.8 Å². The molecule has 5 N–H and O–H groups in total. The van der Waals surface area contributed by atoms with Crippen LogP contribution in [0.3, 0.4) is 0 Å². The summed E-state index contributed by atoms with van der Waals surface area (Å²) in [4.78, 5) is 27.6. The van der Waals surface area contributed by atoms with Crippen LogP contribution < -0.4 is 0 Å². The molecule has 3 saturated carbocycles. The lowest BCUT2D eigenvalue weighted by molar-refractivity contribution is -0.299. The maximum atomic E-state index is 14.4. The fourth-order valence-corrected chi connectivity index (χ4v) is 8.99. The lowest BCUT2D eigenvalue weighted by Gasteiger charge is -2.58. The van der Waals surface area contributed by atoms with Crippen LogP contribution in [0.2, 0.25) is 0 Å². The van der Waals surface area contributed by atoms with E-state index in [0.29, 0.717) is 18.8 Å². The van der Waals surface area contributed by atoms with E-state index in [1.807, 2.05) is 13.8 Å². The van der Waals surface area contributed by atoms with Gasteiger partial charge in [0.1, 0.15) is 36.1 Å². The van der Waals surface area contributed by atoms with Crippen LogP contribution in [0.25, 0.3) is 0 Å². The Bertz CT molecular complexity index is 916. The molecule has 0 aromatic carbocycles. The van der Waals surface area contributed by atoms with Gasteiger partial charge >= 0.3 is 5.97 Å². The maximum absolute atomic E-state index is 14.4. The standard InChI is InChI=1S/C26H38O9/c1-12(2)17-6-14-7-25(11-29)16-5-4-13(3)15(16)8-24(14,10-28)26(17,25)23(33)35-22-21(32)20(31)19(30)18(9-27)34-22/h6,11-16,18-22,27-28,30-32H,4-5,7-10H2,1-3H3. The van der Waals surface area contributed by atoms with Crippen LogP contribution in [0.5, 0.6) is 0 Å². The van der Waals surface area contributed by atoms with E-state index in [2.05, 4.69) is 13.0 Å². The maximum Gasteiger partial charge on any atom is 0.320 e. The van der Waals surface area contributed by atoms with Crippen LogP contribution >= 0.6 is 0 Å². The average molecular weight is 495 g/mol. The van der Waals surface area contributed by atoms with Gasteiger partial charge in [-0.2, -0.15) is 0 Å². The predicted octanol–water partition coefficient (Wildman–Crippen LogP) is 0.162. The third-order valence-corrected chi connectivity index (χ3v) is 10.5. The van der Waals surface area contributed by atoms with E-state index in [0.717, 1.165) is 24.7 Å². The number of carbonyl (C=O) groups excluding carboxylic acids is 2. The van der Waals surface area contributed by atoms with Crippen molar-refractivity contribution >= 4 is 12.3 Å². The number of aldehydes is 1. The molecule has 1 heterocycles. The Morgan fingerprint density at radius 3 is 2.49 bits per heavy atom. The SMILES string of the molecule is CC(C)C1=CC2CC3(C=O)C4CCC(C)C4CC2(CO)C13C(=O)OC1OC(CO)C(O)C(O)C1O. The van der Waals surface area contributed by atoms with E-state index >= 15 is 0 Å². The van der Waals surface area contributed by atoms with E-state index in [1.165, 1.54) is 0 Å². The monoisotopic (exact) mass is 494 g/mol. The number of fused-ring (bicyclic) bond motifs is 2. The highest BCUT2D eigenvalue weighted by Gasteiger charge is 2.84. The Morgan fingerprint density at radius 2 is 1.89 bits per heavy atom. The quantitative estimate of drug-likeness (QED) is 0.197. The van der Waals surface area contributed by atoms with Crippen molar-refractivity contribution in [1.82, 2.24) is 0 Å². The van der Waals surface area contributed by atoms with Crippen molar-refractivity contribution in [2.24, 2.45) is 45.8 Å². The number of hydrogen-bond donors (Lipinski definition) is 5. The van der Waals surface area contributed by atoms with E-state index in [1.54, 1.807) is 0 Å². The number of rotatable bonds is 6. The first kappa shape index (κ1) is 25.3. The van der Waals surface area contributed by atoms with Gasteiger partial charge in [0.25, 0.3) is 0 Å². The Morgan fingerprint density at radius 1 is 1.17 bits per heavy atom. The molecular formula is C26H38O9. The summed E-state index contributed by atoms with van der Waals surface area (Å²) in [6.07, 6.45) is -2.04. The summed E-state index contributed by atoms with van der Waals surface area (Å²) in [6.45, 7) is 5.17. The minimum atomic E-state index is -1.74. The van der Waals surface area contributed by atoms with E-state index in [-0.39, 0.29) is 30.3 Å². The lowest BCUT2D eigenvalue weighted by atomic mass is 9.43. The second-order valence-corrected chi connectivity index (χ2v) is 11.9. The minimum absolute atomic E-state index is 0.0236. The van der Waals surface area contributed by atoms with Gasteiger partial charge in [-0.15, -0.1) is 0 Å². The minimum Gasteiger partial charge on any atom is -0.432 e. The van der Waals surface area contributed by atoms with E-state index in [4.69, 9.17) is 9.47 Å². The normalized spacial score (nSPS) is 52.4. The fraction of sp³-hybridized carbons (Fsp3) is 0.846. The number of esters is 1. The third-order valence-electron chi connectivity index (χ3n) is 10.5. The molecule has 12 unspecified atom stereocenters. The first-order valence-corrected chi connectivity index (χ1v) is 12.9. The van der Waals surface area contributed by atoms with Crippen molar-refractivity contribution in [3.8, 4) is 0 Å². The molecule has 4 fully saturated rings. The van der Waals surface area contributed by atoms with Crippen LogP contribution in [0.1, 0.15) is 46.5 Å². The van der Waals surface area contributed by atoms with Crippen molar-refractivity contribution in [2.75, 3.05) is 13.2 Å². The molecular weight excluding hydrogens is 456 g/mol. The summed E-state index contributed by atoms with van der Waals surface area (Å²) in [5, 5.41) is 51.4. The largest absolute Gasteiger partial charge is 0.432 e. The molecule has 5 aliphatic rings. The number of aliphatic hydroxyl groups excluding tert-OH is 5. The number of allylic oxidation sites excluding steroid dienone is 1. The molecule has 0 spiro atoms. The van der Waals surface area contributed by atoms with E-state index < -0.39 is 59.5 Å². The number of carbonyl (C=O) groups is 2. The zero-order valence-corrected chi connectivity index (χ0v) is 20.5. The zero-order valence-electron chi connectivity index (χ0n) is 20.5. The van der Waals surface area contributed by atoms with Gasteiger partial charge in [0.2, 0.25) is 6.29 Å². The zero-order chi connectivity index (χ0) is 25.5. The molecule has 0 aromatic rings. The molecule has 0 aromatic heterocycles. The van der Waals surface area contributed by atoms with Gasteiger partial charge in [-0.05, 0) is 48.9 Å². The van der Waals surface area contributed by atoms with Crippen LogP contribution in [-0.4, -0.2) is 81.7 Å². The van der Waals surface area contributed by atoms with Crippen LogP contribution in [-0.2, 0) is 19.1 Å². The first-order valence-electron chi connectivity index (χ1n) is 12.9. The van der Waals surface area contributed by atoms with Gasteiger partial charge < -0.3 is 39.8 Å². The Labute approximate surface area is 205 Å². The molecule has 0 amide bonds. The predicted molar refractivity (Wildman–Crippen MR) is 121 cm³/mol. The van der Waals surface area contributed by atoms with Gasteiger partial charge in [-0.3, -0.25) is 4.79 Å². The second kappa shape index (κ2) is 8.33. The van der Waals surface area contributed by atoms with Gasteiger partial charge in [0.15, 0.2) is 0 Å². The highest BCUT2D eigenvalue weighted by Crippen LogP contribution is 2.82. The van der Waals surface area contributed by atoms with Crippen molar-refractivity contribution < 1.29 is 44.6 Å². The molecule has 4 bridgehead atoms. The fourth-order valence-electron chi connectivity index (χ4n) is 8.99. The highest BCUT2D eigenvalue weighted by atomic mass is 16.7. The first-order chi connectivity index (χ1) is 16.6. The molecule has 9 heteroatoms. The Kier molecular flexibility index (Phi) is 6.02. The molecule has 0 radical (unpaired) electrons. The van der Waals surface area contributed by atoms with Gasteiger partial charge in [0.05, 0.1) is 18.6 Å². The number of ether oxygens (including phenoxy) is 2. The molecule has 1 aliphatic heterocycles. The smallest absolute Gasteiger partial charge is 0.320 e. The molecule has 35 heavy (non-hydrogen) atoms. The molecule has 5 rings (SSSR count). The second-order valence-electron chi connectivity index (χ2n) is 11.9. The summed E-state index contributed by atoms with van der Waals surface area (Å²) >= 11 is 0. The Hall–Kier alpha value is -1.36. The Balaban J connectivity index is 1.62. The summed E-state index contributed by atoms with van der Waals surface area (Å²) in [5.74, 6) is -0.432. The van der Waals surface area contributed by atoms with Gasteiger partial charge in [-0.1, -0.05) is 38.8 Å². The van der Waals surface area contributed by atoms with Crippen LogP contribution in [0.4, 0.5) is 0 Å². The summed E-state index contributed by atoms with van der Waals surface area (Å²) in [6, 6.07) is 0. The number of aliphatic hydroxyl groups is 5. The lowest BCUT2D eigenvalue weighted by Crippen LogP contribution is -2.65. The molecule has 4 aliphatic carbocycles. The number of hydrogen-bond acceptors (Lipinski definition) is 9. The van der Waals surface area contributed by atoms with E-state index in [9.17, 15) is 35.1 Å². The van der Waals surface area contributed by atoms with Crippen molar-refractivity contribution in [3.63, 3.8) is 0 Å². The third kappa shape index (κ3) is 2.85. The van der Waals surface area contributed by atoms with Crippen molar-refractivity contribution in [2.45, 2.75) is 77.2 Å². The molecule has 1 saturated heterocycles. The summed E-state index contributed by atoms with van der Waals surface area (Å²) in [7, 11) is 0. The average Bonchev–Trinajstić information content (AvgIpc) is 3.41. The van der Waals surface area contributed by atoms with Crippen molar-refractivity contribution in [1.29, 1.82) is 0 Å². The van der Waals surface area contributed by atoms with Crippen LogP contribution in [0.15, 0.2) is 11.6 Å². The molecule has 12 atom stereocenters. The van der Waals surface area contributed by atoms with Gasteiger partial charge in [0, 0.05) is 5.41 Å². The molecule has 9 nitrogen and oxygen atoms in total. The van der Waals surface area contributed by atoms with Crippen molar-refractivity contribution in [3.05, 3.63) is 11.6 Å². The summed E-state index contributed by atoms with van der Waals surface area (Å²) < 4.78 is 11.3.